The molecule has 1 amide bonds. The molecule has 0 aliphatic heterocycles. The van der Waals surface area contributed by atoms with Crippen molar-refractivity contribution in [2.45, 2.75) is 44.1 Å². The number of hydrogen-bond acceptors (Lipinski definition) is 4. The molecule has 34 heavy (non-hydrogen) atoms. The molecule has 3 atom stereocenters. The summed E-state index contributed by atoms with van der Waals surface area (Å²) < 4.78 is 37.9. The number of ketones is 1. The lowest BCUT2D eigenvalue weighted by molar-refractivity contribution is -0.126. The predicted octanol–water partition coefficient (Wildman–Crippen LogP) is 5.75. The maximum absolute atomic E-state index is 13.5. The summed E-state index contributed by atoms with van der Waals surface area (Å²) in [5, 5.41) is 3.11. The largest absolute Gasteiger partial charge is 0.486 e. The number of rotatable bonds is 9. The summed E-state index contributed by atoms with van der Waals surface area (Å²) in [5.41, 5.74) is -0.284. The molecule has 4 rings (SSSR count). The minimum absolute atomic E-state index is 0.00290. The van der Waals surface area contributed by atoms with Crippen molar-refractivity contribution >= 4 is 34.9 Å². The fraction of sp³-hybridized carbons (Fsp3) is 0.440. The van der Waals surface area contributed by atoms with E-state index in [1.807, 2.05) is 0 Å². The Kier molecular flexibility index (Phi) is 7.63. The average Bonchev–Trinajstić information content (AvgIpc) is 3.15. The molecule has 0 saturated heterocycles. The number of carbonyl (C=O) groups excluding carboxylic acids is 2. The van der Waals surface area contributed by atoms with Crippen LogP contribution in [0.4, 0.5) is 8.78 Å². The van der Waals surface area contributed by atoms with E-state index in [0.29, 0.717) is 12.3 Å². The zero-order chi connectivity index (χ0) is 24.3. The molecule has 0 heterocycles. The third-order valence-corrected chi connectivity index (χ3v) is 7.37. The summed E-state index contributed by atoms with van der Waals surface area (Å²) in [5.74, 6) is -0.392. The van der Waals surface area contributed by atoms with Gasteiger partial charge in [0.05, 0.1) is 10.0 Å². The van der Waals surface area contributed by atoms with Crippen LogP contribution in [0.2, 0.25) is 10.0 Å². The number of fused-ring (bicyclic) bond motifs is 2. The fourth-order valence-electron chi connectivity index (χ4n) is 5.07. The molecule has 0 unspecified atom stereocenters. The van der Waals surface area contributed by atoms with Gasteiger partial charge in [-0.1, -0.05) is 23.2 Å². The Morgan fingerprint density at radius 2 is 1.53 bits per heavy atom. The minimum atomic E-state index is -0.601. The Balaban J connectivity index is 1.22. The third-order valence-electron chi connectivity index (χ3n) is 6.75. The highest BCUT2D eigenvalue weighted by atomic mass is 35.5. The van der Waals surface area contributed by atoms with Crippen LogP contribution in [0.3, 0.4) is 0 Å². The number of amides is 1. The van der Waals surface area contributed by atoms with Crippen molar-refractivity contribution in [2.75, 3.05) is 13.2 Å². The molecule has 2 fully saturated rings. The van der Waals surface area contributed by atoms with E-state index in [2.05, 4.69) is 5.32 Å². The monoisotopic (exact) mass is 511 g/mol. The smallest absolute Gasteiger partial charge is 0.258 e. The Labute approximate surface area is 206 Å². The molecule has 2 aromatic rings. The maximum Gasteiger partial charge on any atom is 0.258 e. The van der Waals surface area contributed by atoms with Crippen molar-refractivity contribution in [3.63, 3.8) is 0 Å². The van der Waals surface area contributed by atoms with Crippen LogP contribution in [0.25, 0.3) is 0 Å². The van der Waals surface area contributed by atoms with E-state index in [1.54, 1.807) is 0 Å². The average molecular weight is 512 g/mol. The van der Waals surface area contributed by atoms with Crippen molar-refractivity contribution in [1.29, 1.82) is 0 Å². The summed E-state index contributed by atoms with van der Waals surface area (Å²) in [6.07, 6.45) is 4.61. The summed E-state index contributed by atoms with van der Waals surface area (Å²) in [6, 6.07) is 8.12. The number of nitrogens with one attached hydrogen (secondary N) is 1. The minimum Gasteiger partial charge on any atom is -0.486 e. The van der Waals surface area contributed by atoms with Crippen molar-refractivity contribution in [1.82, 2.24) is 5.32 Å². The first-order chi connectivity index (χ1) is 16.2. The Bertz CT molecular complexity index is 1080. The topological polar surface area (TPSA) is 64.6 Å². The summed E-state index contributed by atoms with van der Waals surface area (Å²) in [4.78, 5) is 24.9. The lowest BCUT2D eigenvalue weighted by atomic mass is 9.74. The van der Waals surface area contributed by atoms with Gasteiger partial charge in [-0.25, -0.2) is 8.78 Å². The molecule has 9 heteroatoms. The molecular weight excluding hydrogens is 487 g/mol. The van der Waals surface area contributed by atoms with Crippen LogP contribution in [0.5, 0.6) is 11.5 Å². The van der Waals surface area contributed by atoms with Gasteiger partial charge in [0.2, 0.25) is 0 Å². The first-order valence-electron chi connectivity index (χ1n) is 11.2. The molecule has 2 aliphatic carbocycles. The third kappa shape index (κ3) is 5.99. The molecule has 5 nitrogen and oxygen atoms in total. The zero-order valence-electron chi connectivity index (χ0n) is 18.4. The second-order valence-corrected chi connectivity index (χ2v) is 9.92. The molecule has 2 aromatic carbocycles. The van der Waals surface area contributed by atoms with Gasteiger partial charge >= 0.3 is 0 Å². The highest BCUT2D eigenvalue weighted by Crippen LogP contribution is 2.49. The lowest BCUT2D eigenvalue weighted by Crippen LogP contribution is -2.50. The van der Waals surface area contributed by atoms with Gasteiger partial charge in [-0.15, -0.1) is 0 Å². The van der Waals surface area contributed by atoms with Crippen LogP contribution < -0.4 is 14.8 Å². The molecule has 2 aliphatic rings. The van der Waals surface area contributed by atoms with Crippen LogP contribution in [-0.4, -0.2) is 30.4 Å². The molecule has 1 N–H and O–H groups in total. The van der Waals surface area contributed by atoms with Gasteiger partial charge in [0, 0.05) is 24.1 Å². The van der Waals surface area contributed by atoms with Crippen LogP contribution in [-0.2, 0) is 9.59 Å². The van der Waals surface area contributed by atoms with Crippen molar-refractivity contribution in [3.8, 4) is 11.5 Å². The highest BCUT2D eigenvalue weighted by Gasteiger charge is 2.47. The molecule has 2 saturated carbocycles. The Morgan fingerprint density at radius 1 is 0.941 bits per heavy atom. The SMILES string of the molecule is O=C(COc1ccc(Cl)c(F)c1)C[C@@H]1CC[C@]2(NC(=O)COc3ccc(Cl)c(F)c3)CC[C@H]1C2. The van der Waals surface area contributed by atoms with Crippen molar-refractivity contribution in [3.05, 3.63) is 58.1 Å². The number of carbonyl (C=O) groups is 2. The standard InChI is InChI=1S/C25H25Cl2F2NO4/c26-20-3-1-18(10-22(20)28)33-13-17(31)9-15-5-7-25(8-6-16(15)12-25)30-24(32)14-34-19-2-4-21(27)23(29)11-19/h1-4,10-11,15-16H,5-9,12-14H2,(H,30,32)/t15-,16-,25-/m0/s1. The maximum atomic E-state index is 13.5. The summed E-state index contributed by atoms with van der Waals surface area (Å²) in [6.45, 7) is -0.327. The van der Waals surface area contributed by atoms with E-state index in [4.69, 9.17) is 32.7 Å². The number of halogens is 4. The van der Waals surface area contributed by atoms with E-state index < -0.39 is 11.6 Å². The van der Waals surface area contributed by atoms with Crippen LogP contribution in [0, 0.1) is 23.5 Å². The second kappa shape index (κ2) is 10.5. The van der Waals surface area contributed by atoms with Crippen LogP contribution in [0.15, 0.2) is 36.4 Å². The second-order valence-electron chi connectivity index (χ2n) is 9.10. The Hall–Kier alpha value is -2.38. The van der Waals surface area contributed by atoms with Crippen LogP contribution >= 0.6 is 23.2 Å². The summed E-state index contributed by atoms with van der Waals surface area (Å²) in [7, 11) is 0. The van der Waals surface area contributed by atoms with Gasteiger partial charge < -0.3 is 14.8 Å². The normalized spacial score (nSPS) is 23.4. The highest BCUT2D eigenvalue weighted by molar-refractivity contribution is 6.31. The van der Waals surface area contributed by atoms with E-state index in [-0.39, 0.29) is 57.9 Å². The number of ether oxygens (including phenoxy) is 2. The van der Waals surface area contributed by atoms with Gasteiger partial charge in [0.25, 0.3) is 5.91 Å². The number of hydrogen-bond donors (Lipinski definition) is 1. The molecule has 0 aromatic heterocycles. The molecular formula is C25H25Cl2F2NO4. The molecule has 0 radical (unpaired) electrons. The van der Waals surface area contributed by atoms with Gasteiger partial charge in [-0.3, -0.25) is 9.59 Å². The van der Waals surface area contributed by atoms with E-state index >= 15 is 0 Å². The molecule has 0 spiro atoms. The van der Waals surface area contributed by atoms with Gasteiger partial charge in [0.1, 0.15) is 29.7 Å². The molecule has 182 valence electrons. The zero-order valence-corrected chi connectivity index (χ0v) is 19.9. The Morgan fingerprint density at radius 3 is 2.15 bits per heavy atom. The quantitative estimate of drug-likeness (QED) is 0.465. The van der Waals surface area contributed by atoms with E-state index in [1.165, 1.54) is 24.3 Å². The predicted molar refractivity (Wildman–Crippen MR) is 124 cm³/mol. The fourth-order valence-corrected chi connectivity index (χ4v) is 5.30. The van der Waals surface area contributed by atoms with E-state index in [9.17, 15) is 18.4 Å². The van der Waals surface area contributed by atoms with Crippen molar-refractivity contribution < 1.29 is 27.8 Å². The molecule has 2 bridgehead atoms. The van der Waals surface area contributed by atoms with Gasteiger partial charge in [0.15, 0.2) is 12.4 Å². The first kappa shape index (κ1) is 24.7. The van der Waals surface area contributed by atoms with Crippen LogP contribution in [0.1, 0.15) is 38.5 Å². The van der Waals surface area contributed by atoms with Gasteiger partial charge in [-0.2, -0.15) is 0 Å². The summed E-state index contributed by atoms with van der Waals surface area (Å²) >= 11 is 11.3. The first-order valence-corrected chi connectivity index (χ1v) is 12.0. The lowest BCUT2D eigenvalue weighted by Gasteiger charge is -2.38. The number of Topliss-reactive ketones (excluding diaryl/α,β-unsaturated/α-hetero) is 1. The van der Waals surface area contributed by atoms with E-state index in [0.717, 1.165) is 44.2 Å². The number of benzene rings is 2. The van der Waals surface area contributed by atoms with Gasteiger partial charge in [-0.05, 0) is 68.2 Å². The van der Waals surface area contributed by atoms with Crippen molar-refractivity contribution in [2.24, 2.45) is 11.8 Å².